The van der Waals surface area contributed by atoms with E-state index in [-0.39, 0.29) is 30.5 Å². The molecular formula is C22H32O5. The molecule has 0 heterocycles. The Morgan fingerprint density at radius 1 is 1.37 bits per heavy atom. The van der Waals surface area contributed by atoms with E-state index in [1.165, 1.54) is 0 Å². The smallest absolute Gasteiger partial charge is 0.303 e. The predicted octanol–water partition coefficient (Wildman–Crippen LogP) is 3.11. The van der Waals surface area contributed by atoms with Gasteiger partial charge in [0.15, 0.2) is 0 Å². The Bertz CT molecular complexity index is 620. The monoisotopic (exact) mass is 376 g/mol. The maximum atomic E-state index is 12.2. The summed E-state index contributed by atoms with van der Waals surface area (Å²) in [5.41, 5.74) is -0.410. The highest BCUT2D eigenvalue weighted by Crippen LogP contribution is 2.34. The largest absolute Gasteiger partial charge is 0.481 e. The first-order chi connectivity index (χ1) is 12.7. The third-order valence-corrected chi connectivity index (χ3v) is 5.09. The fourth-order valence-electron chi connectivity index (χ4n) is 3.17. The van der Waals surface area contributed by atoms with Crippen LogP contribution in [0, 0.1) is 29.1 Å². The van der Waals surface area contributed by atoms with Crippen molar-refractivity contribution in [1.82, 2.24) is 0 Å². The summed E-state index contributed by atoms with van der Waals surface area (Å²) >= 11 is 0. The van der Waals surface area contributed by atoms with E-state index < -0.39 is 23.6 Å². The normalized spacial score (nSPS) is 24.3. The molecule has 0 aromatic heterocycles. The summed E-state index contributed by atoms with van der Waals surface area (Å²) in [5, 5.41) is 29.3. The van der Waals surface area contributed by atoms with Crippen LogP contribution in [-0.2, 0) is 9.59 Å². The van der Waals surface area contributed by atoms with Gasteiger partial charge in [-0.05, 0) is 26.2 Å². The molecule has 0 saturated heterocycles. The summed E-state index contributed by atoms with van der Waals surface area (Å²) in [5.74, 6) is 4.40. The number of carbonyl (C=O) groups is 2. The number of carboxylic acid groups (broad SMARTS) is 1. The van der Waals surface area contributed by atoms with Gasteiger partial charge in [-0.1, -0.05) is 38.2 Å². The van der Waals surface area contributed by atoms with E-state index >= 15 is 0 Å². The predicted molar refractivity (Wildman–Crippen MR) is 105 cm³/mol. The van der Waals surface area contributed by atoms with E-state index in [2.05, 4.69) is 11.8 Å². The van der Waals surface area contributed by atoms with Crippen LogP contribution < -0.4 is 0 Å². The highest BCUT2D eigenvalue weighted by Gasteiger charge is 2.39. The molecule has 27 heavy (non-hydrogen) atoms. The van der Waals surface area contributed by atoms with Crippen molar-refractivity contribution >= 4 is 11.8 Å². The number of aliphatic carboxylic acids is 1. The zero-order chi connectivity index (χ0) is 20.4. The minimum absolute atomic E-state index is 0.0259. The standard InChI is InChI=1S/C22H32O5/c1-4-5-14-22(2,3)20(25)13-12-17-16(18(23)15-19(17)24)10-8-6-7-9-11-21(26)27/h6,8,12-13,16-17,19-20,24-25H,7,9-11,14-15H2,1-3H3,(H,26,27)/t16-,17-,19-,20-/m1/s1. The summed E-state index contributed by atoms with van der Waals surface area (Å²) in [7, 11) is 0. The Morgan fingerprint density at radius 3 is 2.70 bits per heavy atom. The van der Waals surface area contributed by atoms with Crippen molar-refractivity contribution in [3.05, 3.63) is 24.3 Å². The van der Waals surface area contributed by atoms with Gasteiger partial charge in [0.25, 0.3) is 0 Å². The molecular weight excluding hydrogens is 344 g/mol. The summed E-state index contributed by atoms with van der Waals surface area (Å²) in [6, 6.07) is 0. The molecule has 3 N–H and O–H groups in total. The Kier molecular flexibility index (Phi) is 9.48. The Morgan fingerprint density at radius 2 is 2.07 bits per heavy atom. The second-order valence-electron chi connectivity index (χ2n) is 7.84. The molecule has 0 aliphatic heterocycles. The molecule has 1 fully saturated rings. The first-order valence-electron chi connectivity index (χ1n) is 9.52. The number of aliphatic hydroxyl groups excluding tert-OH is 2. The molecule has 0 bridgehead atoms. The van der Waals surface area contributed by atoms with Crippen LogP contribution in [0.3, 0.4) is 0 Å². The Balaban J connectivity index is 2.67. The van der Waals surface area contributed by atoms with Gasteiger partial charge in [0.2, 0.25) is 0 Å². The van der Waals surface area contributed by atoms with Crippen molar-refractivity contribution < 1.29 is 24.9 Å². The lowest BCUT2D eigenvalue weighted by atomic mass is 9.82. The van der Waals surface area contributed by atoms with Crippen LogP contribution in [0.4, 0.5) is 0 Å². The molecule has 5 heteroatoms. The van der Waals surface area contributed by atoms with Gasteiger partial charge in [-0.25, -0.2) is 0 Å². The summed E-state index contributed by atoms with van der Waals surface area (Å²) in [6.45, 7) is 5.62. The van der Waals surface area contributed by atoms with Crippen LogP contribution in [0.25, 0.3) is 0 Å². The molecule has 0 amide bonds. The fraction of sp³-hybridized carbons (Fsp3) is 0.636. The topological polar surface area (TPSA) is 94.8 Å². The van der Waals surface area contributed by atoms with Gasteiger partial charge in [0.1, 0.15) is 5.78 Å². The molecule has 0 unspecified atom stereocenters. The third-order valence-electron chi connectivity index (χ3n) is 5.09. The fourth-order valence-corrected chi connectivity index (χ4v) is 3.17. The minimum Gasteiger partial charge on any atom is -0.481 e. The molecule has 1 rings (SSSR count). The Labute approximate surface area is 162 Å². The van der Waals surface area contributed by atoms with E-state index in [1.807, 2.05) is 26.0 Å². The lowest BCUT2D eigenvalue weighted by Crippen LogP contribution is -2.28. The van der Waals surface area contributed by atoms with Crippen molar-refractivity contribution in [2.24, 2.45) is 17.3 Å². The van der Waals surface area contributed by atoms with E-state index in [9.17, 15) is 19.8 Å². The van der Waals surface area contributed by atoms with Crippen molar-refractivity contribution in [3.63, 3.8) is 0 Å². The average molecular weight is 376 g/mol. The summed E-state index contributed by atoms with van der Waals surface area (Å²) in [4.78, 5) is 22.7. The molecule has 0 aromatic rings. The van der Waals surface area contributed by atoms with Gasteiger partial charge in [-0.3, -0.25) is 9.59 Å². The second-order valence-corrected chi connectivity index (χ2v) is 7.84. The maximum absolute atomic E-state index is 12.2. The third kappa shape index (κ3) is 7.70. The van der Waals surface area contributed by atoms with Crippen molar-refractivity contribution in [2.75, 3.05) is 0 Å². The number of unbranched alkanes of at least 4 members (excludes halogenated alkanes) is 1. The molecule has 0 radical (unpaired) electrons. The van der Waals surface area contributed by atoms with Gasteiger partial charge < -0.3 is 15.3 Å². The number of rotatable bonds is 10. The number of Topliss-reactive ketones (excluding diaryl/α,β-unsaturated/α-hetero) is 1. The lowest BCUT2D eigenvalue weighted by Gasteiger charge is -2.27. The zero-order valence-electron chi connectivity index (χ0n) is 16.5. The number of ketones is 1. The molecule has 150 valence electrons. The maximum Gasteiger partial charge on any atom is 0.303 e. The molecule has 1 aliphatic rings. The average Bonchev–Trinajstić information content (AvgIpc) is 2.86. The van der Waals surface area contributed by atoms with Crippen LogP contribution in [0.5, 0.6) is 0 Å². The second kappa shape index (κ2) is 11.1. The molecule has 1 aliphatic carbocycles. The van der Waals surface area contributed by atoms with E-state index in [4.69, 9.17) is 5.11 Å². The molecule has 0 aromatic carbocycles. The van der Waals surface area contributed by atoms with Crippen LogP contribution in [0.2, 0.25) is 0 Å². The minimum atomic E-state index is -0.811. The van der Waals surface area contributed by atoms with Gasteiger partial charge in [0.05, 0.1) is 12.2 Å². The Hall–Kier alpha value is -1.90. The highest BCUT2D eigenvalue weighted by atomic mass is 16.4. The van der Waals surface area contributed by atoms with Gasteiger partial charge in [0, 0.05) is 36.5 Å². The van der Waals surface area contributed by atoms with Crippen LogP contribution in [-0.4, -0.2) is 39.3 Å². The number of carbonyl (C=O) groups excluding carboxylic acids is 1. The van der Waals surface area contributed by atoms with Crippen molar-refractivity contribution in [3.8, 4) is 11.8 Å². The van der Waals surface area contributed by atoms with E-state index in [1.54, 1.807) is 19.1 Å². The number of aliphatic hydroxyl groups is 2. The van der Waals surface area contributed by atoms with E-state index in [0.717, 1.165) is 0 Å². The van der Waals surface area contributed by atoms with Crippen LogP contribution in [0.15, 0.2) is 24.3 Å². The molecule has 0 spiro atoms. The lowest BCUT2D eigenvalue weighted by molar-refractivity contribution is -0.137. The van der Waals surface area contributed by atoms with Gasteiger partial charge in [-0.2, -0.15) is 0 Å². The molecule has 4 atom stereocenters. The van der Waals surface area contributed by atoms with Crippen molar-refractivity contribution in [2.45, 2.75) is 71.5 Å². The van der Waals surface area contributed by atoms with Gasteiger partial charge >= 0.3 is 5.97 Å². The molecule has 1 saturated carbocycles. The summed E-state index contributed by atoms with van der Waals surface area (Å²) in [6.07, 6.45) is 8.34. The van der Waals surface area contributed by atoms with Gasteiger partial charge in [-0.15, -0.1) is 11.8 Å². The zero-order valence-corrected chi connectivity index (χ0v) is 16.5. The van der Waals surface area contributed by atoms with Crippen LogP contribution in [0.1, 0.15) is 59.3 Å². The first kappa shape index (κ1) is 23.1. The van der Waals surface area contributed by atoms with Crippen molar-refractivity contribution in [1.29, 1.82) is 0 Å². The van der Waals surface area contributed by atoms with E-state index in [0.29, 0.717) is 25.7 Å². The highest BCUT2D eigenvalue weighted by molar-refractivity contribution is 5.84. The number of allylic oxidation sites excluding steroid dienone is 2. The quantitative estimate of drug-likeness (QED) is 0.309. The number of hydrogen-bond acceptors (Lipinski definition) is 4. The number of carboxylic acids is 1. The first-order valence-corrected chi connectivity index (χ1v) is 9.52. The number of hydrogen-bond donors (Lipinski definition) is 3. The summed E-state index contributed by atoms with van der Waals surface area (Å²) < 4.78 is 0. The SMILES string of the molecule is CC#CCC(C)(C)[C@H](O)C=C[C@H]1[C@H](O)CC(=O)[C@@H]1CC=CCCCC(=O)O. The molecule has 5 nitrogen and oxygen atoms in total. The van der Waals surface area contributed by atoms with Crippen LogP contribution >= 0.6 is 0 Å².